The van der Waals surface area contributed by atoms with Crippen LogP contribution >= 0.6 is 0 Å². The molecular formula is C27H33N3O4. The van der Waals surface area contributed by atoms with Gasteiger partial charge in [-0.3, -0.25) is 4.79 Å². The van der Waals surface area contributed by atoms with Crippen molar-refractivity contribution in [2.24, 2.45) is 0 Å². The van der Waals surface area contributed by atoms with E-state index in [4.69, 9.17) is 9.15 Å². The minimum atomic E-state index is -0.277. The molecule has 1 saturated heterocycles. The molecule has 6 rings (SSSR count). The minimum absolute atomic E-state index is 0.0516. The number of ether oxygens (including phenoxy) is 1. The van der Waals surface area contributed by atoms with Gasteiger partial charge in [0, 0.05) is 35.8 Å². The van der Waals surface area contributed by atoms with Gasteiger partial charge in [0.15, 0.2) is 11.5 Å². The molecular weight excluding hydrogens is 430 g/mol. The molecule has 34 heavy (non-hydrogen) atoms. The van der Waals surface area contributed by atoms with Crippen LogP contribution in [0.3, 0.4) is 0 Å². The van der Waals surface area contributed by atoms with Crippen molar-refractivity contribution in [3.8, 4) is 11.5 Å². The molecule has 3 heterocycles. The molecule has 5 atom stereocenters. The van der Waals surface area contributed by atoms with E-state index >= 15 is 0 Å². The van der Waals surface area contributed by atoms with Crippen molar-refractivity contribution in [2.75, 3.05) is 34.7 Å². The van der Waals surface area contributed by atoms with Gasteiger partial charge in [-0.15, -0.1) is 0 Å². The molecule has 2 bridgehead atoms. The van der Waals surface area contributed by atoms with Gasteiger partial charge >= 0.3 is 0 Å². The molecule has 2 fully saturated rings. The lowest BCUT2D eigenvalue weighted by atomic mass is 9.46. The molecule has 4 aliphatic rings. The van der Waals surface area contributed by atoms with Gasteiger partial charge in [-0.2, -0.15) is 0 Å². The van der Waals surface area contributed by atoms with Crippen LogP contribution in [0.1, 0.15) is 36.0 Å². The molecule has 2 aromatic rings. The van der Waals surface area contributed by atoms with E-state index in [2.05, 4.69) is 37.0 Å². The van der Waals surface area contributed by atoms with Crippen LogP contribution in [0.2, 0.25) is 0 Å². The highest BCUT2D eigenvalue weighted by Crippen LogP contribution is 2.66. The first-order valence-corrected chi connectivity index (χ1v) is 12.2. The number of nitrogens with zero attached hydrogens (tertiary/aromatic N) is 3. The molecule has 7 heteroatoms. The second-order valence-corrected chi connectivity index (χ2v) is 10.7. The predicted octanol–water partition coefficient (Wildman–Crippen LogP) is 2.88. The fourth-order valence-electron chi connectivity index (χ4n) is 7.86. The quantitative estimate of drug-likeness (QED) is 0.704. The average Bonchev–Trinajstić information content (AvgIpc) is 3.46. The highest BCUT2D eigenvalue weighted by molar-refractivity contribution is 5.92. The number of piperidine rings is 1. The molecule has 180 valence electrons. The second kappa shape index (κ2) is 7.36. The van der Waals surface area contributed by atoms with E-state index in [1.165, 1.54) is 11.1 Å². The first kappa shape index (κ1) is 21.7. The second-order valence-electron chi connectivity index (χ2n) is 10.7. The third-order valence-electron chi connectivity index (χ3n) is 9.30. The van der Waals surface area contributed by atoms with Crippen molar-refractivity contribution in [1.29, 1.82) is 0 Å². The van der Waals surface area contributed by atoms with E-state index in [1.54, 1.807) is 30.7 Å². The summed E-state index contributed by atoms with van der Waals surface area (Å²) in [5.74, 6) is 0.794. The fraction of sp³-hybridized carbons (Fsp3) is 0.519. The van der Waals surface area contributed by atoms with Crippen LogP contribution in [0.5, 0.6) is 11.5 Å². The van der Waals surface area contributed by atoms with Gasteiger partial charge in [0.1, 0.15) is 6.10 Å². The molecule has 2 aliphatic carbocycles. The molecule has 1 saturated carbocycles. The van der Waals surface area contributed by atoms with Crippen molar-refractivity contribution < 1.29 is 19.1 Å². The van der Waals surface area contributed by atoms with Crippen molar-refractivity contribution in [3.05, 3.63) is 53.5 Å². The molecule has 0 radical (unpaired) electrons. The summed E-state index contributed by atoms with van der Waals surface area (Å²) in [7, 11) is 8.51. The summed E-state index contributed by atoms with van der Waals surface area (Å²) < 4.78 is 11.8. The Balaban J connectivity index is 1.46. The van der Waals surface area contributed by atoms with E-state index in [9.17, 15) is 9.90 Å². The molecule has 2 aliphatic heterocycles. The lowest BCUT2D eigenvalue weighted by Gasteiger charge is -2.68. The summed E-state index contributed by atoms with van der Waals surface area (Å²) in [5.41, 5.74) is 2.93. The predicted molar refractivity (Wildman–Crippen MR) is 129 cm³/mol. The highest BCUT2D eigenvalue weighted by atomic mass is 16.5. The zero-order valence-electron chi connectivity index (χ0n) is 20.3. The Kier molecular flexibility index (Phi) is 4.71. The number of amides is 1. The largest absolute Gasteiger partial charge is 0.504 e. The highest BCUT2D eigenvalue weighted by Gasteiger charge is 2.74. The van der Waals surface area contributed by atoms with Crippen LogP contribution in [0.4, 0.5) is 0 Å². The Hall–Kier alpha value is -2.77. The number of likely N-dealkylation sites (tertiary alicyclic amines) is 1. The van der Waals surface area contributed by atoms with E-state index in [0.717, 1.165) is 37.8 Å². The first-order chi connectivity index (χ1) is 16.3. The molecule has 1 N–H and O–H groups in total. The van der Waals surface area contributed by atoms with Crippen LogP contribution in [-0.2, 0) is 16.6 Å². The maximum absolute atomic E-state index is 13.3. The van der Waals surface area contributed by atoms with Crippen molar-refractivity contribution in [1.82, 2.24) is 14.7 Å². The fourth-order valence-corrected chi connectivity index (χ4v) is 7.86. The number of hydrogen-bond donors (Lipinski definition) is 1. The number of furan rings is 1. The molecule has 1 spiro atoms. The Morgan fingerprint density at radius 1 is 1.24 bits per heavy atom. The Morgan fingerprint density at radius 2 is 2.06 bits per heavy atom. The van der Waals surface area contributed by atoms with E-state index in [1.807, 2.05) is 18.0 Å². The molecule has 1 amide bonds. The molecule has 1 aromatic carbocycles. The lowest BCUT2D eigenvalue weighted by Crippen LogP contribution is -2.81. The maximum atomic E-state index is 13.3. The number of phenolic OH excluding ortho intramolecular Hbond substituents is 1. The van der Waals surface area contributed by atoms with E-state index in [0.29, 0.717) is 11.8 Å². The number of carbonyl (C=O) groups excluding carboxylic acids is 1. The van der Waals surface area contributed by atoms with Crippen molar-refractivity contribution >= 4 is 12.0 Å². The SMILES string of the molecule is CN1CC[C@]23c4c5ccc(O)c4O[C@H]2[C@@H](N(C)C(=O)/C=C/c2ccoc2)CC[C@@]3(N(C)C)[C@H]1C5. The van der Waals surface area contributed by atoms with Crippen molar-refractivity contribution in [3.63, 3.8) is 0 Å². The summed E-state index contributed by atoms with van der Waals surface area (Å²) in [4.78, 5) is 20.0. The summed E-state index contributed by atoms with van der Waals surface area (Å²) in [6, 6.07) is 5.96. The standard InChI is InChI=1S/C27H33N3O4/c1-28(2)27-11-9-19(30(4)22(32)8-5-17-10-14-33-16-17)25-26(27)12-13-29(3)21(27)15-18-6-7-20(31)24(34-25)23(18)26/h5-8,10,14,16,19,21,25,31H,9,11-13,15H2,1-4H3/b8-5+/t19-,21+,25-,26-,27+/m0/s1. The first-order valence-electron chi connectivity index (χ1n) is 12.2. The van der Waals surface area contributed by atoms with Gasteiger partial charge in [0.05, 0.1) is 24.0 Å². The van der Waals surface area contributed by atoms with E-state index < -0.39 is 0 Å². The Morgan fingerprint density at radius 3 is 2.79 bits per heavy atom. The monoisotopic (exact) mass is 463 g/mol. The van der Waals surface area contributed by atoms with Gasteiger partial charge < -0.3 is 29.0 Å². The normalized spacial score (nSPS) is 33.7. The number of aromatic hydroxyl groups is 1. The minimum Gasteiger partial charge on any atom is -0.504 e. The zero-order chi connectivity index (χ0) is 23.8. The van der Waals surface area contributed by atoms with Gasteiger partial charge in [-0.05, 0) is 77.1 Å². The van der Waals surface area contributed by atoms with Crippen LogP contribution < -0.4 is 4.74 Å². The van der Waals surface area contributed by atoms with Crippen LogP contribution in [-0.4, -0.2) is 84.2 Å². The number of phenols is 1. The van der Waals surface area contributed by atoms with Crippen LogP contribution in [0.25, 0.3) is 6.08 Å². The topological polar surface area (TPSA) is 69.4 Å². The maximum Gasteiger partial charge on any atom is 0.246 e. The third-order valence-corrected chi connectivity index (χ3v) is 9.30. The smallest absolute Gasteiger partial charge is 0.246 e. The van der Waals surface area contributed by atoms with Gasteiger partial charge in [-0.1, -0.05) is 6.07 Å². The van der Waals surface area contributed by atoms with Gasteiger partial charge in [0.2, 0.25) is 5.91 Å². The average molecular weight is 464 g/mol. The van der Waals surface area contributed by atoms with Gasteiger partial charge in [-0.25, -0.2) is 0 Å². The molecule has 0 unspecified atom stereocenters. The number of benzene rings is 1. The molecule has 1 aromatic heterocycles. The summed E-state index contributed by atoms with van der Waals surface area (Å²) >= 11 is 0. The lowest BCUT2D eigenvalue weighted by molar-refractivity contribution is -0.157. The number of hydrogen-bond acceptors (Lipinski definition) is 6. The summed E-state index contributed by atoms with van der Waals surface area (Å²) in [6.07, 6.45) is 10.1. The Bertz CT molecular complexity index is 1160. The number of rotatable bonds is 4. The number of carbonyl (C=O) groups is 1. The summed E-state index contributed by atoms with van der Waals surface area (Å²) in [5, 5.41) is 10.9. The van der Waals surface area contributed by atoms with Crippen LogP contribution in [0.15, 0.2) is 41.2 Å². The zero-order valence-corrected chi connectivity index (χ0v) is 20.3. The molecule has 7 nitrogen and oxygen atoms in total. The number of likely N-dealkylation sites (N-methyl/N-ethyl adjacent to an activating group) is 3. The Labute approximate surface area is 200 Å². The summed E-state index contributed by atoms with van der Waals surface area (Å²) in [6.45, 7) is 0.972. The van der Waals surface area contributed by atoms with Gasteiger partial charge in [0.25, 0.3) is 0 Å². The van der Waals surface area contributed by atoms with E-state index in [-0.39, 0.29) is 34.8 Å². The van der Waals surface area contributed by atoms with Crippen LogP contribution in [0, 0.1) is 0 Å². The third kappa shape index (κ3) is 2.57. The van der Waals surface area contributed by atoms with Crippen molar-refractivity contribution in [2.45, 2.75) is 54.8 Å².